The lowest BCUT2D eigenvalue weighted by molar-refractivity contribution is -0.144. The molecule has 1 saturated heterocycles. The first-order chi connectivity index (χ1) is 16.0. The van der Waals surface area contributed by atoms with Crippen molar-refractivity contribution in [3.05, 3.63) is 41.7 Å². The zero-order chi connectivity index (χ0) is 23.2. The molecule has 7 nitrogen and oxygen atoms in total. The molecule has 1 aliphatic carbocycles. The van der Waals surface area contributed by atoms with Gasteiger partial charge in [-0.1, -0.05) is 32.1 Å². The first-order valence-corrected chi connectivity index (χ1v) is 12.8. The SMILES string of the molecule is O=C(Nc1nccs1)[C@H](CC1CCCCC1)N1CCN(C(S)Nc2ccc(F)cc2)CC1=O. The Bertz CT molecular complexity index is 921. The molecule has 2 aromatic rings. The van der Waals surface area contributed by atoms with E-state index in [1.165, 1.54) is 42.7 Å². The Labute approximate surface area is 203 Å². The Morgan fingerprint density at radius 2 is 1.97 bits per heavy atom. The molecule has 2 amide bonds. The highest BCUT2D eigenvalue weighted by Gasteiger charge is 2.37. The van der Waals surface area contributed by atoms with Crippen LogP contribution in [0.15, 0.2) is 35.8 Å². The maximum Gasteiger partial charge on any atom is 0.248 e. The Morgan fingerprint density at radius 1 is 1.21 bits per heavy atom. The van der Waals surface area contributed by atoms with Crippen molar-refractivity contribution in [3.63, 3.8) is 0 Å². The van der Waals surface area contributed by atoms with Crippen LogP contribution in [0.2, 0.25) is 0 Å². The van der Waals surface area contributed by atoms with Crippen molar-refractivity contribution in [3.8, 4) is 0 Å². The molecule has 2 atom stereocenters. The van der Waals surface area contributed by atoms with Crippen LogP contribution >= 0.6 is 24.0 Å². The Morgan fingerprint density at radius 3 is 2.64 bits per heavy atom. The van der Waals surface area contributed by atoms with Gasteiger partial charge in [0, 0.05) is 30.4 Å². The second-order valence-corrected chi connectivity index (χ2v) is 10.0. The van der Waals surface area contributed by atoms with E-state index >= 15 is 0 Å². The van der Waals surface area contributed by atoms with E-state index in [4.69, 9.17) is 0 Å². The Hall–Kier alpha value is -2.17. The number of hydrogen-bond donors (Lipinski definition) is 3. The van der Waals surface area contributed by atoms with Crippen molar-refractivity contribution in [2.75, 3.05) is 30.3 Å². The molecule has 2 fully saturated rings. The third-order valence-electron chi connectivity index (χ3n) is 6.40. The van der Waals surface area contributed by atoms with Crippen LogP contribution in [0.25, 0.3) is 0 Å². The van der Waals surface area contributed by atoms with E-state index in [1.807, 2.05) is 10.3 Å². The van der Waals surface area contributed by atoms with Gasteiger partial charge in [-0.2, -0.15) is 0 Å². The number of carbonyl (C=O) groups excluding carboxylic acids is 2. The van der Waals surface area contributed by atoms with Gasteiger partial charge in [-0.05, 0) is 36.6 Å². The number of hydrogen-bond acceptors (Lipinski definition) is 7. The molecular weight excluding hydrogens is 461 g/mol. The lowest BCUT2D eigenvalue weighted by atomic mass is 9.84. The zero-order valence-corrected chi connectivity index (χ0v) is 20.2. The van der Waals surface area contributed by atoms with Crippen LogP contribution in [-0.2, 0) is 9.59 Å². The summed E-state index contributed by atoms with van der Waals surface area (Å²) >= 11 is 5.97. The van der Waals surface area contributed by atoms with Crippen LogP contribution in [-0.4, -0.2) is 57.8 Å². The van der Waals surface area contributed by atoms with Gasteiger partial charge in [0.05, 0.1) is 6.54 Å². The summed E-state index contributed by atoms with van der Waals surface area (Å²) in [4.78, 5) is 34.2. The van der Waals surface area contributed by atoms with Crippen molar-refractivity contribution in [2.24, 2.45) is 5.92 Å². The minimum absolute atomic E-state index is 0.0868. The minimum atomic E-state index is -0.505. The number of benzene rings is 1. The van der Waals surface area contributed by atoms with Gasteiger partial charge in [0.15, 0.2) is 5.13 Å². The second-order valence-electron chi connectivity index (χ2n) is 8.66. The third-order valence-corrected chi connectivity index (χ3v) is 7.54. The number of nitrogens with zero attached hydrogens (tertiary/aromatic N) is 3. The molecule has 1 saturated carbocycles. The summed E-state index contributed by atoms with van der Waals surface area (Å²) in [5.41, 5.74) is 0.326. The first-order valence-electron chi connectivity index (χ1n) is 11.4. The van der Waals surface area contributed by atoms with Crippen LogP contribution in [0.3, 0.4) is 0 Å². The molecule has 1 unspecified atom stereocenters. The third kappa shape index (κ3) is 6.45. The van der Waals surface area contributed by atoms with E-state index < -0.39 is 11.5 Å². The average molecular weight is 492 g/mol. The summed E-state index contributed by atoms with van der Waals surface area (Å²) in [5.74, 6) is -0.102. The summed E-state index contributed by atoms with van der Waals surface area (Å²) in [7, 11) is 0. The van der Waals surface area contributed by atoms with Gasteiger partial charge in [-0.3, -0.25) is 14.5 Å². The van der Waals surface area contributed by atoms with Crippen molar-refractivity contribution >= 4 is 46.6 Å². The zero-order valence-electron chi connectivity index (χ0n) is 18.5. The number of carbonyl (C=O) groups is 2. The monoisotopic (exact) mass is 491 g/mol. The fourth-order valence-corrected chi connectivity index (χ4v) is 5.50. The molecule has 0 radical (unpaired) electrons. The number of thiazole rings is 1. The number of halogens is 1. The van der Waals surface area contributed by atoms with E-state index in [1.54, 1.807) is 23.2 Å². The summed E-state index contributed by atoms with van der Waals surface area (Å²) in [6.07, 6.45) is 8.16. The fourth-order valence-electron chi connectivity index (χ4n) is 4.62. The van der Waals surface area contributed by atoms with Gasteiger partial charge in [-0.15, -0.1) is 24.0 Å². The van der Waals surface area contributed by atoms with Crippen molar-refractivity contribution in [2.45, 2.75) is 50.1 Å². The molecular formula is C23H30FN5O2S2. The minimum Gasteiger partial charge on any atom is -0.361 e. The number of piperazine rings is 1. The summed E-state index contributed by atoms with van der Waals surface area (Å²) < 4.78 is 13.2. The van der Waals surface area contributed by atoms with Gasteiger partial charge >= 0.3 is 0 Å². The topological polar surface area (TPSA) is 77.6 Å². The van der Waals surface area contributed by atoms with Crippen molar-refractivity contribution in [1.82, 2.24) is 14.8 Å². The van der Waals surface area contributed by atoms with Gasteiger partial charge in [0.25, 0.3) is 0 Å². The highest BCUT2D eigenvalue weighted by atomic mass is 32.1. The van der Waals surface area contributed by atoms with Gasteiger partial charge in [0.2, 0.25) is 11.8 Å². The van der Waals surface area contributed by atoms with E-state index in [-0.39, 0.29) is 24.2 Å². The second kappa shape index (κ2) is 11.3. The van der Waals surface area contributed by atoms with Gasteiger partial charge in [-0.25, -0.2) is 9.37 Å². The smallest absolute Gasteiger partial charge is 0.248 e. The maximum absolute atomic E-state index is 13.2. The van der Waals surface area contributed by atoms with Crippen molar-refractivity contribution in [1.29, 1.82) is 0 Å². The number of thiol groups is 1. The van der Waals surface area contributed by atoms with E-state index in [0.717, 1.165) is 18.5 Å². The predicted molar refractivity (Wildman–Crippen MR) is 132 cm³/mol. The van der Waals surface area contributed by atoms with Crippen LogP contribution in [0, 0.1) is 11.7 Å². The van der Waals surface area contributed by atoms with Crippen LogP contribution in [0.5, 0.6) is 0 Å². The Kier molecular flexibility index (Phi) is 8.21. The number of amides is 2. The quantitative estimate of drug-likeness (QED) is 0.384. The molecule has 0 bridgehead atoms. The number of aromatic nitrogens is 1. The summed E-state index contributed by atoms with van der Waals surface area (Å²) in [5, 5.41) is 8.46. The number of rotatable bonds is 8. The standard InChI is InChI=1S/C23H30FN5O2S2/c24-17-6-8-18(9-7-17)26-23(32)28-11-12-29(20(30)15-28)19(14-16-4-2-1-3-5-16)21(31)27-22-25-10-13-33-22/h6-10,13,16,19,23,26,32H,1-5,11-12,14-15H2,(H,25,27,31)/t19-,23?/m0/s1. The van der Waals surface area contributed by atoms with E-state index in [2.05, 4.69) is 28.2 Å². The molecule has 1 aromatic carbocycles. The average Bonchev–Trinajstić information content (AvgIpc) is 3.33. The normalized spacial score (nSPS) is 19.8. The Balaban J connectivity index is 1.40. The highest BCUT2D eigenvalue weighted by Crippen LogP contribution is 2.30. The van der Waals surface area contributed by atoms with E-state index in [9.17, 15) is 14.0 Å². The molecule has 2 N–H and O–H groups in total. The lowest BCUT2D eigenvalue weighted by Crippen LogP contribution is -2.59. The molecule has 0 spiro atoms. The molecule has 1 aliphatic heterocycles. The maximum atomic E-state index is 13.2. The molecule has 10 heteroatoms. The first kappa shape index (κ1) is 24.0. The van der Waals surface area contributed by atoms with Crippen LogP contribution in [0.4, 0.5) is 15.2 Å². The van der Waals surface area contributed by atoms with Gasteiger partial charge in [0.1, 0.15) is 17.4 Å². The summed E-state index contributed by atoms with van der Waals surface area (Å²) in [6.45, 7) is 1.19. The highest BCUT2D eigenvalue weighted by molar-refractivity contribution is 7.81. The largest absolute Gasteiger partial charge is 0.361 e. The molecule has 2 heterocycles. The predicted octanol–water partition coefficient (Wildman–Crippen LogP) is 4.03. The lowest BCUT2D eigenvalue weighted by Gasteiger charge is -2.41. The molecule has 33 heavy (non-hydrogen) atoms. The number of anilines is 2. The molecule has 178 valence electrons. The summed E-state index contributed by atoms with van der Waals surface area (Å²) in [6, 6.07) is 5.53. The van der Waals surface area contributed by atoms with Crippen LogP contribution in [0.1, 0.15) is 38.5 Å². The number of nitrogens with one attached hydrogen (secondary N) is 2. The van der Waals surface area contributed by atoms with Crippen molar-refractivity contribution < 1.29 is 14.0 Å². The van der Waals surface area contributed by atoms with E-state index in [0.29, 0.717) is 30.6 Å². The molecule has 2 aliphatic rings. The molecule has 4 rings (SSSR count). The fraction of sp³-hybridized carbons (Fsp3) is 0.522. The van der Waals surface area contributed by atoms with Gasteiger partial charge < -0.3 is 15.5 Å². The van der Waals surface area contributed by atoms with Crippen LogP contribution < -0.4 is 10.6 Å². The molecule has 1 aromatic heterocycles.